The topological polar surface area (TPSA) is 74.7 Å². The summed E-state index contributed by atoms with van der Waals surface area (Å²) in [4.78, 5) is 38.0. The summed E-state index contributed by atoms with van der Waals surface area (Å²) in [7, 11) is 0. The van der Waals surface area contributed by atoms with E-state index in [2.05, 4.69) is 12.2 Å². The van der Waals surface area contributed by atoms with Gasteiger partial charge < -0.3 is 5.11 Å². The molecule has 2 fully saturated rings. The minimum absolute atomic E-state index is 0.0829. The number of anilines is 1. The summed E-state index contributed by atoms with van der Waals surface area (Å²) in [5.41, 5.74) is 0.177. The Hall–Kier alpha value is -2.14. The number of fused-ring (bicyclic) bond motifs is 1. The number of benzene rings is 1. The molecule has 0 spiro atoms. The van der Waals surface area contributed by atoms with Crippen molar-refractivity contribution in [3.63, 3.8) is 0 Å². The lowest BCUT2D eigenvalue weighted by atomic mass is 9.63. The zero-order chi connectivity index (χ0) is 16.3. The molecule has 2 amide bonds. The molecule has 1 aromatic rings. The third-order valence-corrected chi connectivity index (χ3v) is 5.53. The van der Waals surface area contributed by atoms with Gasteiger partial charge in [0.1, 0.15) is 0 Å². The van der Waals surface area contributed by atoms with Crippen molar-refractivity contribution in [2.75, 3.05) is 4.90 Å². The summed E-state index contributed by atoms with van der Waals surface area (Å²) in [6, 6.07) is 4.24. The quantitative estimate of drug-likeness (QED) is 0.668. The van der Waals surface area contributed by atoms with Crippen molar-refractivity contribution in [2.24, 2.45) is 23.7 Å². The highest BCUT2D eigenvalue weighted by atomic mass is 35.5. The van der Waals surface area contributed by atoms with Crippen LogP contribution in [0.1, 0.15) is 23.2 Å². The Labute approximate surface area is 137 Å². The summed E-state index contributed by atoms with van der Waals surface area (Å²) >= 11 is 5.87. The van der Waals surface area contributed by atoms with Gasteiger partial charge in [0.25, 0.3) is 0 Å². The van der Waals surface area contributed by atoms with Crippen LogP contribution in [-0.2, 0) is 9.59 Å². The van der Waals surface area contributed by atoms with E-state index in [1.165, 1.54) is 18.2 Å². The summed E-state index contributed by atoms with van der Waals surface area (Å²) in [6.07, 6.45) is 5.95. The summed E-state index contributed by atoms with van der Waals surface area (Å²) in [5, 5.41) is 9.27. The van der Waals surface area contributed by atoms with Crippen molar-refractivity contribution in [1.29, 1.82) is 0 Å². The molecule has 0 aromatic heterocycles. The first-order chi connectivity index (χ1) is 11.0. The predicted octanol–water partition coefficient (Wildman–Crippen LogP) is 2.74. The van der Waals surface area contributed by atoms with E-state index in [0.29, 0.717) is 0 Å². The molecule has 23 heavy (non-hydrogen) atoms. The molecule has 4 aliphatic rings. The molecule has 4 atom stereocenters. The predicted molar refractivity (Wildman–Crippen MR) is 83.2 cm³/mol. The number of carbonyl (C=O) groups is 3. The minimum atomic E-state index is -1.19. The van der Waals surface area contributed by atoms with E-state index in [4.69, 9.17) is 11.6 Å². The number of rotatable bonds is 2. The molecular weight excluding hydrogens is 318 g/mol. The van der Waals surface area contributed by atoms with Crippen LogP contribution in [0.25, 0.3) is 0 Å². The molecule has 1 aromatic carbocycles. The van der Waals surface area contributed by atoms with Crippen LogP contribution >= 0.6 is 11.6 Å². The number of nitrogens with zero attached hydrogens (tertiary/aromatic N) is 1. The molecule has 5 rings (SSSR count). The molecule has 1 aliphatic heterocycles. The first-order valence-electron chi connectivity index (χ1n) is 7.58. The van der Waals surface area contributed by atoms with Crippen LogP contribution in [0.4, 0.5) is 5.69 Å². The number of hydrogen-bond donors (Lipinski definition) is 1. The SMILES string of the molecule is O=C(O)c1cc(N2C(=O)C3C4C=CC(CC4)C3C2=O)ccc1Cl. The molecule has 4 unspecified atom stereocenters. The van der Waals surface area contributed by atoms with Gasteiger partial charge in [-0.15, -0.1) is 0 Å². The van der Waals surface area contributed by atoms with Gasteiger partial charge in [0.05, 0.1) is 28.1 Å². The second-order valence-corrected chi connectivity index (χ2v) is 6.73. The maximum Gasteiger partial charge on any atom is 0.337 e. The maximum atomic E-state index is 12.8. The van der Waals surface area contributed by atoms with Gasteiger partial charge in [-0.2, -0.15) is 0 Å². The van der Waals surface area contributed by atoms with Gasteiger partial charge in [0.15, 0.2) is 0 Å². The molecule has 1 heterocycles. The highest BCUT2D eigenvalue weighted by Crippen LogP contribution is 2.50. The Kier molecular flexibility index (Phi) is 3.10. The first-order valence-corrected chi connectivity index (χ1v) is 7.96. The van der Waals surface area contributed by atoms with E-state index >= 15 is 0 Å². The van der Waals surface area contributed by atoms with E-state index < -0.39 is 5.97 Å². The van der Waals surface area contributed by atoms with Gasteiger partial charge in [-0.1, -0.05) is 23.8 Å². The Bertz CT molecular complexity index is 740. The van der Waals surface area contributed by atoms with Crippen LogP contribution < -0.4 is 4.90 Å². The van der Waals surface area contributed by atoms with Crippen molar-refractivity contribution in [3.8, 4) is 0 Å². The third-order valence-electron chi connectivity index (χ3n) is 5.20. The van der Waals surface area contributed by atoms with Crippen molar-refractivity contribution in [3.05, 3.63) is 40.9 Å². The number of hydrogen-bond acceptors (Lipinski definition) is 3. The number of aromatic carboxylic acids is 1. The number of carbonyl (C=O) groups excluding carboxylic acids is 2. The number of halogens is 1. The van der Waals surface area contributed by atoms with Gasteiger partial charge in [-0.05, 0) is 42.9 Å². The van der Waals surface area contributed by atoms with Crippen LogP contribution in [0.5, 0.6) is 0 Å². The Morgan fingerprint density at radius 2 is 1.65 bits per heavy atom. The molecule has 5 nitrogen and oxygen atoms in total. The zero-order valence-electron chi connectivity index (χ0n) is 12.1. The molecule has 1 N–H and O–H groups in total. The number of carboxylic acid groups (broad SMARTS) is 1. The lowest BCUT2D eigenvalue weighted by Gasteiger charge is -2.38. The third kappa shape index (κ3) is 1.96. The fourth-order valence-electron chi connectivity index (χ4n) is 4.14. The summed E-state index contributed by atoms with van der Waals surface area (Å²) in [6.45, 7) is 0. The van der Waals surface area contributed by atoms with Gasteiger partial charge >= 0.3 is 5.97 Å². The number of amides is 2. The molecule has 1 saturated carbocycles. The monoisotopic (exact) mass is 331 g/mol. The van der Waals surface area contributed by atoms with Crippen LogP contribution in [0.2, 0.25) is 5.02 Å². The number of imide groups is 1. The second-order valence-electron chi connectivity index (χ2n) is 6.32. The average molecular weight is 332 g/mol. The van der Waals surface area contributed by atoms with Crippen molar-refractivity contribution < 1.29 is 19.5 Å². The lowest BCUT2D eigenvalue weighted by molar-refractivity contribution is -0.124. The molecular formula is C17H14ClNO4. The number of allylic oxidation sites excluding steroid dienone is 2. The second kappa shape index (κ2) is 4.93. The Balaban J connectivity index is 1.76. The lowest BCUT2D eigenvalue weighted by Crippen LogP contribution is -2.38. The molecule has 1 saturated heterocycles. The molecule has 2 bridgehead atoms. The van der Waals surface area contributed by atoms with E-state index in [1.807, 2.05) is 0 Å². The van der Waals surface area contributed by atoms with Gasteiger partial charge in [0.2, 0.25) is 11.8 Å². The first kappa shape index (κ1) is 14.5. The van der Waals surface area contributed by atoms with E-state index in [0.717, 1.165) is 17.7 Å². The van der Waals surface area contributed by atoms with Crippen molar-refractivity contribution in [1.82, 2.24) is 0 Å². The smallest absolute Gasteiger partial charge is 0.337 e. The fraction of sp³-hybridized carbons (Fsp3) is 0.353. The van der Waals surface area contributed by atoms with E-state index in [9.17, 15) is 19.5 Å². The Morgan fingerprint density at radius 1 is 1.09 bits per heavy atom. The van der Waals surface area contributed by atoms with Crippen LogP contribution in [-0.4, -0.2) is 22.9 Å². The standard InChI is InChI=1S/C17H14ClNO4/c18-12-6-5-10(7-11(12)17(22)23)19-15(20)13-8-1-2-9(4-3-8)14(13)16(19)21/h1-2,5-9,13-14H,3-4H2,(H,22,23). The average Bonchev–Trinajstić information content (AvgIpc) is 2.83. The Morgan fingerprint density at radius 3 is 2.13 bits per heavy atom. The number of carboxylic acids is 1. The molecule has 118 valence electrons. The highest BCUT2D eigenvalue weighted by molar-refractivity contribution is 6.34. The van der Waals surface area contributed by atoms with Crippen LogP contribution in [0, 0.1) is 23.7 Å². The summed E-state index contributed by atoms with van der Waals surface area (Å²) in [5.74, 6) is -2.04. The van der Waals surface area contributed by atoms with Gasteiger partial charge in [0, 0.05) is 0 Å². The maximum absolute atomic E-state index is 12.8. The largest absolute Gasteiger partial charge is 0.478 e. The molecule has 3 aliphatic carbocycles. The van der Waals surface area contributed by atoms with Gasteiger partial charge in [-0.3, -0.25) is 9.59 Å². The molecule has 6 heteroatoms. The minimum Gasteiger partial charge on any atom is -0.478 e. The zero-order valence-corrected chi connectivity index (χ0v) is 12.9. The highest BCUT2D eigenvalue weighted by Gasteiger charge is 2.56. The van der Waals surface area contributed by atoms with E-state index in [-0.39, 0.29) is 51.8 Å². The van der Waals surface area contributed by atoms with E-state index in [1.54, 1.807) is 0 Å². The summed E-state index contributed by atoms with van der Waals surface area (Å²) < 4.78 is 0. The van der Waals surface area contributed by atoms with Crippen molar-refractivity contribution >= 4 is 35.1 Å². The van der Waals surface area contributed by atoms with Gasteiger partial charge in [-0.25, -0.2) is 9.69 Å². The van der Waals surface area contributed by atoms with Crippen LogP contribution in [0.3, 0.4) is 0 Å². The normalized spacial score (nSPS) is 31.6. The fourth-order valence-corrected chi connectivity index (χ4v) is 4.34. The molecule has 0 radical (unpaired) electrons. The van der Waals surface area contributed by atoms with Crippen molar-refractivity contribution in [2.45, 2.75) is 12.8 Å². The van der Waals surface area contributed by atoms with Crippen LogP contribution in [0.15, 0.2) is 30.4 Å².